The summed E-state index contributed by atoms with van der Waals surface area (Å²) >= 11 is 6.82. The smallest absolute Gasteiger partial charge is 0.238 e. The Morgan fingerprint density at radius 3 is 1.47 bits per heavy atom. The molecular weight excluding hydrogens is 612 g/mol. The fourth-order valence-corrected chi connectivity index (χ4v) is 7.70. The van der Waals surface area contributed by atoms with E-state index < -0.39 is 35.0 Å². The molecule has 38 heavy (non-hydrogen) atoms. The van der Waals surface area contributed by atoms with Crippen molar-refractivity contribution >= 4 is 66.9 Å². The van der Waals surface area contributed by atoms with Crippen LogP contribution in [-0.4, -0.2) is 23.6 Å². The molecule has 0 radical (unpaired) electrons. The SMILES string of the molecule is O=C1[C@@H]2C3C=CC(c4ccccc4)([C@H]2C(=O)N1c1ccc(Br)cc1)[C@H]1C(=O)N(c2ccc(Br)cc2)C(=O)[C@H]31. The van der Waals surface area contributed by atoms with E-state index in [-0.39, 0.29) is 23.6 Å². The Kier molecular flexibility index (Phi) is 5.20. The third-order valence-electron chi connectivity index (χ3n) is 8.60. The highest BCUT2D eigenvalue weighted by Gasteiger charge is 2.75. The summed E-state index contributed by atoms with van der Waals surface area (Å²) in [5.74, 6) is -4.92. The van der Waals surface area contributed by atoms with E-state index in [4.69, 9.17) is 0 Å². The lowest BCUT2D eigenvalue weighted by Crippen LogP contribution is -2.60. The summed E-state index contributed by atoms with van der Waals surface area (Å²) in [7, 11) is 0. The van der Waals surface area contributed by atoms with Gasteiger partial charge in [-0.15, -0.1) is 0 Å². The maximum Gasteiger partial charge on any atom is 0.238 e. The first kappa shape index (κ1) is 23.7. The predicted octanol–water partition coefficient (Wildman–Crippen LogP) is 5.26. The number of carbonyl (C=O) groups is 4. The topological polar surface area (TPSA) is 74.8 Å². The van der Waals surface area contributed by atoms with Crippen molar-refractivity contribution in [2.75, 3.05) is 9.80 Å². The van der Waals surface area contributed by atoms with E-state index in [2.05, 4.69) is 31.9 Å². The van der Waals surface area contributed by atoms with Gasteiger partial charge in [0.2, 0.25) is 23.6 Å². The van der Waals surface area contributed by atoms with Crippen molar-refractivity contribution in [3.05, 3.63) is 106 Å². The Bertz CT molecular complexity index is 1460. The Labute approximate surface area is 235 Å². The molecule has 0 N–H and O–H groups in total. The molecule has 3 aromatic rings. The second-order valence-corrected chi connectivity index (χ2v) is 12.1. The number of carbonyl (C=O) groups excluding carboxylic acids is 4. The van der Waals surface area contributed by atoms with Crippen molar-refractivity contribution in [3.8, 4) is 0 Å². The van der Waals surface area contributed by atoms with Gasteiger partial charge >= 0.3 is 0 Å². The van der Waals surface area contributed by atoms with Crippen LogP contribution in [0.5, 0.6) is 0 Å². The van der Waals surface area contributed by atoms with Crippen LogP contribution in [0.1, 0.15) is 5.56 Å². The summed E-state index contributed by atoms with van der Waals surface area (Å²) in [6.07, 6.45) is 3.84. The van der Waals surface area contributed by atoms with Gasteiger partial charge in [0.1, 0.15) is 0 Å². The fraction of sp³-hybridized carbons (Fsp3) is 0.200. The first-order chi connectivity index (χ1) is 18.3. The maximum atomic E-state index is 14.2. The van der Waals surface area contributed by atoms with E-state index in [0.29, 0.717) is 11.4 Å². The number of hydrogen-bond acceptors (Lipinski definition) is 4. The Morgan fingerprint density at radius 2 is 1.03 bits per heavy atom. The minimum atomic E-state index is -1.13. The second-order valence-electron chi connectivity index (χ2n) is 10.2. The third kappa shape index (κ3) is 2.98. The van der Waals surface area contributed by atoms with Gasteiger partial charge in [0.15, 0.2) is 0 Å². The lowest BCUT2D eigenvalue weighted by molar-refractivity contribution is -0.140. The molecule has 3 fully saturated rings. The molecule has 0 spiro atoms. The van der Waals surface area contributed by atoms with Crippen LogP contribution < -0.4 is 9.80 Å². The zero-order chi connectivity index (χ0) is 26.3. The molecule has 2 heterocycles. The van der Waals surface area contributed by atoms with Crippen LogP contribution in [0.25, 0.3) is 0 Å². The van der Waals surface area contributed by atoms with E-state index in [1.165, 1.54) is 9.80 Å². The van der Waals surface area contributed by atoms with Crippen LogP contribution in [0.3, 0.4) is 0 Å². The number of halogens is 2. The number of amides is 4. The van der Waals surface area contributed by atoms with Gasteiger partial charge in [-0.3, -0.25) is 19.2 Å². The van der Waals surface area contributed by atoms with Gasteiger partial charge in [0, 0.05) is 20.3 Å². The molecule has 6 nitrogen and oxygen atoms in total. The fourth-order valence-electron chi connectivity index (χ4n) is 7.17. The maximum absolute atomic E-state index is 14.2. The number of imide groups is 2. The highest BCUT2D eigenvalue weighted by Crippen LogP contribution is 2.65. The zero-order valence-corrected chi connectivity index (χ0v) is 23.0. The van der Waals surface area contributed by atoms with E-state index in [1.54, 1.807) is 48.5 Å². The number of anilines is 2. The Hall–Kier alpha value is -3.36. The van der Waals surface area contributed by atoms with Crippen LogP contribution in [0, 0.1) is 29.6 Å². The highest BCUT2D eigenvalue weighted by molar-refractivity contribution is 9.10. The molecule has 4 atom stereocenters. The van der Waals surface area contributed by atoms with Gasteiger partial charge in [-0.25, -0.2) is 9.80 Å². The normalized spacial score (nSPS) is 31.3. The first-order valence-corrected chi connectivity index (χ1v) is 13.9. The van der Waals surface area contributed by atoms with E-state index in [9.17, 15) is 19.2 Å². The average molecular weight is 632 g/mol. The van der Waals surface area contributed by atoms with Crippen LogP contribution in [0.15, 0.2) is 100.0 Å². The summed E-state index contributed by atoms with van der Waals surface area (Å²) < 4.78 is 1.66. The molecule has 3 aliphatic carbocycles. The van der Waals surface area contributed by atoms with E-state index in [0.717, 1.165) is 14.5 Å². The summed E-state index contributed by atoms with van der Waals surface area (Å²) in [5.41, 5.74) is 0.607. The highest BCUT2D eigenvalue weighted by atomic mass is 79.9. The van der Waals surface area contributed by atoms with Crippen LogP contribution in [0.2, 0.25) is 0 Å². The molecule has 188 valence electrons. The number of benzene rings is 3. The molecule has 2 saturated heterocycles. The molecule has 4 amide bonds. The van der Waals surface area contributed by atoms with Gasteiger partial charge in [0.05, 0.1) is 35.0 Å². The molecule has 0 unspecified atom stereocenters. The molecule has 5 aliphatic rings. The lowest BCUT2D eigenvalue weighted by atomic mass is 9.45. The molecule has 3 aromatic carbocycles. The van der Waals surface area contributed by atoms with Gasteiger partial charge < -0.3 is 0 Å². The third-order valence-corrected chi connectivity index (χ3v) is 9.66. The summed E-state index contributed by atoms with van der Waals surface area (Å²) in [6.45, 7) is 0. The lowest BCUT2D eigenvalue weighted by Gasteiger charge is -2.53. The molecule has 1 saturated carbocycles. The second kappa shape index (κ2) is 8.32. The first-order valence-electron chi connectivity index (χ1n) is 12.4. The Morgan fingerprint density at radius 1 is 0.579 bits per heavy atom. The van der Waals surface area contributed by atoms with Crippen molar-refractivity contribution in [3.63, 3.8) is 0 Å². The summed E-state index contributed by atoms with van der Waals surface area (Å²) in [4.78, 5) is 59.0. The summed E-state index contributed by atoms with van der Waals surface area (Å²) in [6, 6.07) is 23.5. The summed E-state index contributed by atoms with van der Waals surface area (Å²) in [5, 5.41) is 0. The number of allylic oxidation sites excluding steroid dienone is 2. The van der Waals surface area contributed by atoms with Crippen molar-refractivity contribution < 1.29 is 19.2 Å². The van der Waals surface area contributed by atoms with Crippen molar-refractivity contribution in [2.45, 2.75) is 5.41 Å². The molecular formula is C30H20Br2N2O4. The molecule has 2 aliphatic heterocycles. The van der Waals surface area contributed by atoms with Gasteiger partial charge in [-0.05, 0) is 54.1 Å². The number of nitrogens with zero attached hydrogens (tertiary/aromatic N) is 2. The van der Waals surface area contributed by atoms with E-state index in [1.807, 2.05) is 42.5 Å². The quantitative estimate of drug-likeness (QED) is 0.292. The average Bonchev–Trinajstić information content (AvgIpc) is 3.37. The molecule has 0 aromatic heterocycles. The van der Waals surface area contributed by atoms with Crippen molar-refractivity contribution in [2.24, 2.45) is 29.6 Å². The van der Waals surface area contributed by atoms with Gasteiger partial charge in [-0.1, -0.05) is 74.3 Å². The predicted molar refractivity (Wildman–Crippen MR) is 148 cm³/mol. The molecule has 8 rings (SSSR count). The van der Waals surface area contributed by atoms with Crippen LogP contribution in [0.4, 0.5) is 11.4 Å². The zero-order valence-electron chi connectivity index (χ0n) is 19.8. The standard InChI is InChI=1S/C30H20Br2N2O4/c31-17-6-10-19(11-7-17)33-26(35)22-21-14-15-30(24(22)28(33)37,16-4-2-1-3-5-16)25-23(21)27(36)34(29(25)38)20-12-8-18(32)9-13-20/h1-15,21-25H/t21?,22-,23-,24-,25-,30?/m1/s1. The van der Waals surface area contributed by atoms with Gasteiger partial charge in [0.25, 0.3) is 0 Å². The monoisotopic (exact) mass is 630 g/mol. The minimum Gasteiger partial charge on any atom is -0.274 e. The van der Waals surface area contributed by atoms with Crippen molar-refractivity contribution in [1.82, 2.24) is 0 Å². The number of hydrogen-bond donors (Lipinski definition) is 0. The molecule has 8 heteroatoms. The van der Waals surface area contributed by atoms with Gasteiger partial charge in [-0.2, -0.15) is 0 Å². The largest absolute Gasteiger partial charge is 0.274 e. The number of rotatable bonds is 3. The van der Waals surface area contributed by atoms with Crippen LogP contribution >= 0.6 is 31.9 Å². The van der Waals surface area contributed by atoms with E-state index >= 15 is 0 Å². The Balaban J connectivity index is 1.42. The minimum absolute atomic E-state index is 0.322. The van der Waals surface area contributed by atoms with Crippen molar-refractivity contribution in [1.29, 1.82) is 0 Å². The van der Waals surface area contributed by atoms with Crippen LogP contribution in [-0.2, 0) is 24.6 Å². The molecule has 2 bridgehead atoms.